The third-order valence-electron chi connectivity index (χ3n) is 3.66. The lowest BCUT2D eigenvalue weighted by atomic mass is 10.2. The zero-order valence-corrected chi connectivity index (χ0v) is 13.9. The van der Waals surface area contributed by atoms with E-state index in [2.05, 4.69) is 10.3 Å². The van der Waals surface area contributed by atoms with Gasteiger partial charge in [0.1, 0.15) is 5.75 Å². The van der Waals surface area contributed by atoms with Crippen LogP contribution in [0.15, 0.2) is 54.7 Å². The van der Waals surface area contributed by atoms with Crippen molar-refractivity contribution in [1.29, 1.82) is 0 Å². The van der Waals surface area contributed by atoms with Crippen LogP contribution in [0.25, 0.3) is 10.9 Å². The Balaban J connectivity index is 1.72. The van der Waals surface area contributed by atoms with Gasteiger partial charge in [-0.2, -0.15) is 0 Å². The molecule has 0 unspecified atom stereocenters. The number of fused-ring (bicyclic) bond motifs is 1. The van der Waals surface area contributed by atoms with E-state index in [1.54, 1.807) is 25.4 Å². The first-order valence-electron chi connectivity index (χ1n) is 7.28. The smallest absolute Gasteiger partial charge is 0.356 e. The van der Waals surface area contributed by atoms with E-state index >= 15 is 0 Å². The van der Waals surface area contributed by atoms with Gasteiger partial charge in [0.2, 0.25) is 0 Å². The van der Waals surface area contributed by atoms with E-state index in [9.17, 15) is 4.57 Å². The van der Waals surface area contributed by atoms with Crippen LogP contribution in [0.5, 0.6) is 5.75 Å². The topological polar surface area (TPSA) is 91.7 Å². The van der Waals surface area contributed by atoms with Crippen molar-refractivity contribution in [3.63, 3.8) is 0 Å². The zero-order valence-electron chi connectivity index (χ0n) is 13.0. The van der Waals surface area contributed by atoms with Crippen LogP contribution in [0, 0.1) is 0 Å². The predicted molar refractivity (Wildman–Crippen MR) is 93.7 cm³/mol. The summed E-state index contributed by atoms with van der Waals surface area (Å²) < 4.78 is 16.3. The van der Waals surface area contributed by atoms with Crippen LogP contribution in [0.3, 0.4) is 0 Å². The molecule has 0 aliphatic heterocycles. The van der Waals surface area contributed by atoms with Crippen LogP contribution in [-0.4, -0.2) is 21.9 Å². The summed E-state index contributed by atoms with van der Waals surface area (Å²) in [7, 11) is -2.57. The molecule has 3 rings (SSSR count). The number of methoxy groups -OCH3 is 1. The van der Waals surface area contributed by atoms with Crippen LogP contribution in [-0.2, 0) is 11.1 Å². The van der Waals surface area contributed by atoms with Gasteiger partial charge in [-0.25, -0.2) is 0 Å². The molecule has 24 heavy (non-hydrogen) atoms. The lowest BCUT2D eigenvalue weighted by Crippen LogP contribution is -2.05. The van der Waals surface area contributed by atoms with Gasteiger partial charge in [-0.15, -0.1) is 0 Å². The fourth-order valence-corrected chi connectivity index (χ4v) is 2.87. The van der Waals surface area contributed by atoms with Crippen LogP contribution >= 0.6 is 7.60 Å². The number of nitrogens with one attached hydrogen (secondary N) is 1. The molecule has 0 aliphatic carbocycles. The molecular formula is C17H17N2O4P. The highest BCUT2D eigenvalue weighted by Gasteiger charge is 2.15. The van der Waals surface area contributed by atoms with E-state index in [1.807, 2.05) is 24.3 Å². The number of benzene rings is 2. The molecule has 0 amide bonds. The second-order valence-corrected chi connectivity index (χ2v) is 6.95. The molecule has 3 aromatic rings. The molecule has 0 atom stereocenters. The predicted octanol–water partition coefficient (Wildman–Crippen LogP) is 2.66. The Kier molecular flexibility index (Phi) is 4.53. The Morgan fingerprint density at radius 3 is 2.54 bits per heavy atom. The Hall–Kier alpha value is -2.40. The number of hydrogen-bond donors (Lipinski definition) is 3. The van der Waals surface area contributed by atoms with Crippen LogP contribution in [0.1, 0.15) is 5.56 Å². The molecular weight excluding hydrogens is 327 g/mol. The first kappa shape index (κ1) is 16.5. The van der Waals surface area contributed by atoms with Crippen LogP contribution in [0.4, 0.5) is 5.69 Å². The molecule has 3 N–H and O–H groups in total. The fourth-order valence-electron chi connectivity index (χ4n) is 2.34. The minimum absolute atomic E-state index is 0.0209. The SMILES string of the molecule is COc1ccc2cc(NCc3ccc(P(=O)(O)O)cc3)cnc2c1. The molecule has 0 bridgehead atoms. The molecule has 7 heteroatoms. The maximum atomic E-state index is 11.2. The maximum absolute atomic E-state index is 11.2. The fraction of sp³-hybridized carbons (Fsp3) is 0.118. The van der Waals surface area contributed by atoms with Crippen molar-refractivity contribution >= 4 is 29.5 Å². The van der Waals surface area contributed by atoms with Gasteiger partial charge in [0, 0.05) is 18.0 Å². The molecule has 6 nitrogen and oxygen atoms in total. The molecule has 0 aliphatic rings. The lowest BCUT2D eigenvalue weighted by Gasteiger charge is -2.09. The summed E-state index contributed by atoms with van der Waals surface area (Å²) in [6.07, 6.45) is 1.74. The Bertz CT molecular complexity index is 906. The third kappa shape index (κ3) is 3.74. The van der Waals surface area contributed by atoms with Crippen molar-refractivity contribution in [3.05, 3.63) is 60.3 Å². The van der Waals surface area contributed by atoms with Gasteiger partial charge in [-0.3, -0.25) is 9.55 Å². The van der Waals surface area contributed by atoms with Gasteiger partial charge in [-0.1, -0.05) is 12.1 Å². The van der Waals surface area contributed by atoms with Crippen molar-refractivity contribution in [1.82, 2.24) is 4.98 Å². The number of rotatable bonds is 5. The summed E-state index contributed by atoms with van der Waals surface area (Å²) in [6, 6.07) is 14.0. The van der Waals surface area contributed by atoms with E-state index in [0.29, 0.717) is 6.54 Å². The summed E-state index contributed by atoms with van der Waals surface area (Å²) in [5.41, 5.74) is 2.64. The highest BCUT2D eigenvalue weighted by atomic mass is 31.2. The molecule has 0 saturated heterocycles. The second-order valence-electron chi connectivity index (χ2n) is 5.35. The summed E-state index contributed by atoms with van der Waals surface area (Å²) >= 11 is 0. The minimum Gasteiger partial charge on any atom is -0.497 e. The quantitative estimate of drug-likeness (QED) is 0.617. The minimum atomic E-state index is -4.19. The average Bonchev–Trinajstić information content (AvgIpc) is 2.59. The van der Waals surface area contributed by atoms with E-state index in [4.69, 9.17) is 14.5 Å². The summed E-state index contributed by atoms with van der Waals surface area (Å²) in [5.74, 6) is 0.765. The summed E-state index contributed by atoms with van der Waals surface area (Å²) in [4.78, 5) is 22.6. The van der Waals surface area contributed by atoms with E-state index < -0.39 is 7.60 Å². The highest BCUT2D eigenvalue weighted by molar-refractivity contribution is 7.60. The van der Waals surface area contributed by atoms with Crippen molar-refractivity contribution in [3.8, 4) is 5.75 Å². The molecule has 0 radical (unpaired) electrons. The van der Waals surface area contributed by atoms with Crippen LogP contribution < -0.4 is 15.4 Å². The Morgan fingerprint density at radius 1 is 1.12 bits per heavy atom. The van der Waals surface area contributed by atoms with E-state index in [1.165, 1.54) is 12.1 Å². The number of ether oxygens (including phenoxy) is 1. The van der Waals surface area contributed by atoms with Gasteiger partial charge in [-0.05, 0) is 35.9 Å². The molecule has 1 heterocycles. The van der Waals surface area contributed by atoms with E-state index in [-0.39, 0.29) is 5.30 Å². The first-order chi connectivity index (χ1) is 11.5. The lowest BCUT2D eigenvalue weighted by molar-refractivity contribution is 0.387. The van der Waals surface area contributed by atoms with Gasteiger partial charge in [0.25, 0.3) is 0 Å². The van der Waals surface area contributed by atoms with E-state index in [0.717, 1.165) is 27.9 Å². The van der Waals surface area contributed by atoms with Gasteiger partial charge < -0.3 is 19.8 Å². The first-order valence-corrected chi connectivity index (χ1v) is 8.90. The maximum Gasteiger partial charge on any atom is 0.356 e. The van der Waals surface area contributed by atoms with Crippen LogP contribution in [0.2, 0.25) is 0 Å². The number of anilines is 1. The normalized spacial score (nSPS) is 11.5. The van der Waals surface area contributed by atoms with Crippen molar-refractivity contribution in [2.24, 2.45) is 0 Å². The molecule has 1 aromatic heterocycles. The summed E-state index contributed by atoms with van der Waals surface area (Å²) in [6.45, 7) is 0.533. The molecule has 124 valence electrons. The van der Waals surface area contributed by atoms with Gasteiger partial charge in [0.05, 0.1) is 29.8 Å². The van der Waals surface area contributed by atoms with Gasteiger partial charge in [0.15, 0.2) is 0 Å². The third-order valence-corrected chi connectivity index (χ3v) is 4.63. The van der Waals surface area contributed by atoms with Crippen molar-refractivity contribution < 1.29 is 19.1 Å². The zero-order chi connectivity index (χ0) is 17.2. The Morgan fingerprint density at radius 2 is 1.88 bits per heavy atom. The monoisotopic (exact) mass is 344 g/mol. The number of aromatic nitrogens is 1. The Labute approximate surface area is 139 Å². The van der Waals surface area contributed by atoms with Crippen molar-refractivity contribution in [2.45, 2.75) is 6.54 Å². The highest BCUT2D eigenvalue weighted by Crippen LogP contribution is 2.32. The largest absolute Gasteiger partial charge is 0.497 e. The number of hydrogen-bond acceptors (Lipinski definition) is 4. The molecule has 0 fully saturated rings. The standard InChI is InChI=1S/C17H17N2O4P/c1-23-15-5-4-13-8-14(11-19-17(13)9-15)18-10-12-2-6-16(7-3-12)24(20,21)22/h2-9,11,18H,10H2,1H3,(H2,20,21,22). The second kappa shape index (κ2) is 6.61. The number of nitrogens with zero attached hydrogens (tertiary/aromatic N) is 1. The van der Waals surface area contributed by atoms with Crippen molar-refractivity contribution in [2.75, 3.05) is 12.4 Å². The van der Waals surface area contributed by atoms with Gasteiger partial charge >= 0.3 is 7.60 Å². The number of pyridine rings is 1. The molecule has 0 spiro atoms. The molecule has 2 aromatic carbocycles. The molecule has 0 saturated carbocycles. The summed E-state index contributed by atoms with van der Waals surface area (Å²) in [5, 5.41) is 4.27. The average molecular weight is 344 g/mol.